The van der Waals surface area contributed by atoms with Gasteiger partial charge in [0.15, 0.2) is 11.5 Å². The SMILES string of the molecule is O=C(CCCc1nc2ccccc2o1)NCC1(c2ccccc2)CC1. The van der Waals surface area contributed by atoms with Crippen LogP contribution >= 0.6 is 0 Å². The molecule has 1 aromatic heterocycles. The molecular formula is C21H22N2O2. The lowest BCUT2D eigenvalue weighted by Crippen LogP contribution is -2.32. The summed E-state index contributed by atoms with van der Waals surface area (Å²) in [6, 6.07) is 18.2. The van der Waals surface area contributed by atoms with E-state index in [1.165, 1.54) is 5.56 Å². The summed E-state index contributed by atoms with van der Waals surface area (Å²) in [7, 11) is 0. The number of oxazole rings is 1. The van der Waals surface area contributed by atoms with Gasteiger partial charge in [-0.2, -0.15) is 0 Å². The van der Waals surface area contributed by atoms with Gasteiger partial charge in [0.2, 0.25) is 5.91 Å². The van der Waals surface area contributed by atoms with E-state index in [0.717, 1.165) is 36.9 Å². The van der Waals surface area contributed by atoms with Crippen LogP contribution in [-0.4, -0.2) is 17.4 Å². The van der Waals surface area contributed by atoms with Gasteiger partial charge in [-0.1, -0.05) is 42.5 Å². The van der Waals surface area contributed by atoms with Gasteiger partial charge < -0.3 is 9.73 Å². The van der Waals surface area contributed by atoms with Crippen molar-refractivity contribution >= 4 is 17.0 Å². The smallest absolute Gasteiger partial charge is 0.220 e. The van der Waals surface area contributed by atoms with Crippen molar-refractivity contribution < 1.29 is 9.21 Å². The number of benzene rings is 2. The van der Waals surface area contributed by atoms with E-state index < -0.39 is 0 Å². The number of amides is 1. The van der Waals surface area contributed by atoms with Crippen molar-refractivity contribution in [1.82, 2.24) is 10.3 Å². The van der Waals surface area contributed by atoms with Crippen LogP contribution in [0.5, 0.6) is 0 Å². The zero-order valence-corrected chi connectivity index (χ0v) is 14.2. The predicted molar refractivity (Wildman–Crippen MR) is 97.3 cm³/mol. The summed E-state index contributed by atoms with van der Waals surface area (Å²) < 4.78 is 5.69. The summed E-state index contributed by atoms with van der Waals surface area (Å²) in [5, 5.41) is 3.11. The lowest BCUT2D eigenvalue weighted by molar-refractivity contribution is -0.121. The number of para-hydroxylation sites is 2. The molecule has 0 spiro atoms. The fourth-order valence-corrected chi connectivity index (χ4v) is 3.29. The fraction of sp³-hybridized carbons (Fsp3) is 0.333. The van der Waals surface area contributed by atoms with E-state index in [2.05, 4.69) is 34.6 Å². The van der Waals surface area contributed by atoms with Gasteiger partial charge in [-0.25, -0.2) is 4.98 Å². The van der Waals surface area contributed by atoms with Crippen molar-refractivity contribution in [3.05, 3.63) is 66.1 Å². The Kier molecular flexibility index (Phi) is 4.26. The molecule has 0 aliphatic heterocycles. The second kappa shape index (κ2) is 6.71. The average molecular weight is 334 g/mol. The molecule has 25 heavy (non-hydrogen) atoms. The van der Waals surface area contributed by atoms with Crippen LogP contribution in [0.3, 0.4) is 0 Å². The number of hydrogen-bond donors (Lipinski definition) is 1. The van der Waals surface area contributed by atoms with Gasteiger partial charge in [-0.15, -0.1) is 0 Å². The van der Waals surface area contributed by atoms with Crippen LogP contribution in [0.25, 0.3) is 11.1 Å². The second-order valence-corrected chi connectivity index (χ2v) is 6.85. The first kappa shape index (κ1) is 15.9. The van der Waals surface area contributed by atoms with E-state index in [1.807, 2.05) is 30.3 Å². The number of hydrogen-bond acceptors (Lipinski definition) is 3. The normalized spacial score (nSPS) is 15.2. The minimum atomic E-state index is 0.110. The van der Waals surface area contributed by atoms with Gasteiger partial charge in [0.1, 0.15) is 5.52 Å². The highest BCUT2D eigenvalue weighted by Crippen LogP contribution is 2.47. The summed E-state index contributed by atoms with van der Waals surface area (Å²) in [6.07, 6.45) is 4.24. The quantitative estimate of drug-likeness (QED) is 0.710. The Morgan fingerprint density at radius 2 is 1.84 bits per heavy atom. The molecule has 0 unspecified atom stereocenters. The van der Waals surface area contributed by atoms with Crippen molar-refractivity contribution in [2.24, 2.45) is 0 Å². The molecule has 4 heteroatoms. The van der Waals surface area contributed by atoms with E-state index in [1.54, 1.807) is 0 Å². The molecule has 0 saturated heterocycles. The number of aromatic nitrogens is 1. The van der Waals surface area contributed by atoms with Gasteiger partial charge in [0, 0.05) is 24.8 Å². The largest absolute Gasteiger partial charge is 0.441 e. The third-order valence-electron chi connectivity index (χ3n) is 5.00. The van der Waals surface area contributed by atoms with E-state index in [0.29, 0.717) is 18.7 Å². The zero-order chi connectivity index (χ0) is 17.1. The topological polar surface area (TPSA) is 55.1 Å². The maximum Gasteiger partial charge on any atom is 0.220 e. The number of rotatable bonds is 7. The van der Waals surface area contributed by atoms with E-state index in [4.69, 9.17) is 4.42 Å². The molecule has 2 aromatic carbocycles. The molecule has 1 heterocycles. The van der Waals surface area contributed by atoms with Crippen LogP contribution < -0.4 is 5.32 Å². The third kappa shape index (κ3) is 3.58. The first-order valence-electron chi connectivity index (χ1n) is 8.92. The van der Waals surface area contributed by atoms with E-state index >= 15 is 0 Å². The summed E-state index contributed by atoms with van der Waals surface area (Å²) in [6.45, 7) is 0.735. The highest BCUT2D eigenvalue weighted by molar-refractivity contribution is 5.76. The molecule has 128 valence electrons. The number of carbonyl (C=O) groups is 1. The Bertz CT molecular complexity index is 833. The fourth-order valence-electron chi connectivity index (χ4n) is 3.29. The second-order valence-electron chi connectivity index (χ2n) is 6.85. The van der Waals surface area contributed by atoms with Gasteiger partial charge in [-0.3, -0.25) is 4.79 Å². The molecule has 1 N–H and O–H groups in total. The molecule has 1 amide bonds. The maximum atomic E-state index is 12.1. The number of aryl methyl sites for hydroxylation is 1. The van der Waals surface area contributed by atoms with Gasteiger partial charge >= 0.3 is 0 Å². The Morgan fingerprint density at radius 1 is 1.08 bits per heavy atom. The summed E-state index contributed by atoms with van der Waals surface area (Å²) in [5.74, 6) is 0.815. The lowest BCUT2D eigenvalue weighted by atomic mass is 9.96. The van der Waals surface area contributed by atoms with Crippen LogP contribution in [0.15, 0.2) is 59.0 Å². The van der Waals surface area contributed by atoms with Crippen LogP contribution in [0, 0.1) is 0 Å². The number of nitrogens with zero attached hydrogens (tertiary/aromatic N) is 1. The molecule has 1 fully saturated rings. The molecule has 1 aliphatic rings. The van der Waals surface area contributed by atoms with Crippen molar-refractivity contribution in [2.45, 2.75) is 37.5 Å². The number of fused-ring (bicyclic) bond motifs is 1. The van der Waals surface area contributed by atoms with Crippen LogP contribution in [-0.2, 0) is 16.6 Å². The standard InChI is InChI=1S/C21H22N2O2/c24-19(22-15-21(13-14-21)16-7-2-1-3-8-16)11-6-12-20-23-17-9-4-5-10-18(17)25-20/h1-5,7-10H,6,11-15H2,(H,22,24). The minimum Gasteiger partial charge on any atom is -0.441 e. The molecular weight excluding hydrogens is 312 g/mol. The predicted octanol–water partition coefficient (Wildman–Crippen LogP) is 4.00. The highest BCUT2D eigenvalue weighted by atomic mass is 16.3. The van der Waals surface area contributed by atoms with Crippen molar-refractivity contribution in [3.63, 3.8) is 0 Å². The molecule has 3 aromatic rings. The van der Waals surface area contributed by atoms with Crippen molar-refractivity contribution in [3.8, 4) is 0 Å². The van der Waals surface area contributed by atoms with Crippen LogP contribution in [0.2, 0.25) is 0 Å². The van der Waals surface area contributed by atoms with Crippen LogP contribution in [0.1, 0.15) is 37.1 Å². The molecule has 0 bridgehead atoms. The minimum absolute atomic E-state index is 0.110. The average Bonchev–Trinajstić information content (AvgIpc) is 3.33. The summed E-state index contributed by atoms with van der Waals surface area (Å²) in [4.78, 5) is 16.6. The molecule has 0 radical (unpaired) electrons. The van der Waals surface area contributed by atoms with E-state index in [9.17, 15) is 4.79 Å². The third-order valence-corrected chi connectivity index (χ3v) is 5.00. The molecule has 1 aliphatic carbocycles. The van der Waals surface area contributed by atoms with Gasteiger partial charge in [-0.05, 0) is 37.0 Å². The molecule has 1 saturated carbocycles. The van der Waals surface area contributed by atoms with Crippen LogP contribution in [0.4, 0.5) is 0 Å². The molecule has 4 rings (SSSR count). The summed E-state index contributed by atoms with van der Waals surface area (Å²) >= 11 is 0. The van der Waals surface area contributed by atoms with Gasteiger partial charge in [0.05, 0.1) is 0 Å². The zero-order valence-electron chi connectivity index (χ0n) is 14.2. The number of carbonyl (C=O) groups excluding carboxylic acids is 1. The van der Waals surface area contributed by atoms with E-state index in [-0.39, 0.29) is 11.3 Å². The first-order valence-corrected chi connectivity index (χ1v) is 8.92. The van der Waals surface area contributed by atoms with Gasteiger partial charge in [0.25, 0.3) is 0 Å². The lowest BCUT2D eigenvalue weighted by Gasteiger charge is -2.16. The monoisotopic (exact) mass is 334 g/mol. The summed E-state index contributed by atoms with van der Waals surface area (Å²) in [5.41, 5.74) is 3.18. The maximum absolute atomic E-state index is 12.1. The molecule has 0 atom stereocenters. The number of nitrogens with one attached hydrogen (secondary N) is 1. The highest BCUT2D eigenvalue weighted by Gasteiger charge is 2.44. The first-order chi connectivity index (χ1) is 12.3. The van der Waals surface area contributed by atoms with Crippen molar-refractivity contribution in [1.29, 1.82) is 0 Å². The van der Waals surface area contributed by atoms with Crippen molar-refractivity contribution in [2.75, 3.05) is 6.54 Å². The Labute approximate surface area is 147 Å². The Hall–Kier alpha value is -2.62. The Balaban J connectivity index is 1.24. The molecule has 4 nitrogen and oxygen atoms in total. The Morgan fingerprint density at radius 3 is 2.60 bits per heavy atom.